The Hall–Kier alpha value is -2.96. The first-order valence-corrected chi connectivity index (χ1v) is 6.49. The van der Waals surface area contributed by atoms with Gasteiger partial charge in [-0.05, 0) is 29.8 Å². The number of nitrogens with zero attached hydrogens (tertiary/aromatic N) is 4. The van der Waals surface area contributed by atoms with Crippen LogP contribution in [0, 0.1) is 0 Å². The summed E-state index contributed by atoms with van der Waals surface area (Å²) in [6.07, 6.45) is 6.72. The predicted octanol–water partition coefficient (Wildman–Crippen LogP) is 2.08. The van der Waals surface area contributed by atoms with E-state index in [-0.39, 0.29) is 0 Å². The van der Waals surface area contributed by atoms with E-state index in [0.29, 0.717) is 24.9 Å². The minimum absolute atomic E-state index is 0.450. The molecule has 0 saturated heterocycles. The first-order valence-electron chi connectivity index (χ1n) is 6.49. The highest BCUT2D eigenvalue weighted by molar-refractivity contribution is 5.37. The van der Waals surface area contributed by atoms with Crippen LogP contribution in [0.5, 0.6) is 0 Å². The number of anilines is 2. The van der Waals surface area contributed by atoms with Crippen LogP contribution in [0.2, 0.25) is 0 Å². The van der Waals surface area contributed by atoms with Crippen LogP contribution in [-0.4, -0.2) is 20.2 Å². The second kappa shape index (κ2) is 6.47. The number of furan rings is 1. The Bertz CT molecular complexity index is 671. The van der Waals surface area contributed by atoms with Crippen LogP contribution < -0.4 is 10.6 Å². The van der Waals surface area contributed by atoms with Gasteiger partial charge < -0.3 is 15.1 Å². The Morgan fingerprint density at radius 3 is 2.76 bits per heavy atom. The lowest BCUT2D eigenvalue weighted by molar-refractivity contribution is 0.517. The zero-order valence-electron chi connectivity index (χ0n) is 11.2. The Kier molecular flexibility index (Phi) is 4.02. The summed E-state index contributed by atoms with van der Waals surface area (Å²) >= 11 is 0. The first kappa shape index (κ1) is 13.0. The van der Waals surface area contributed by atoms with Crippen molar-refractivity contribution in [2.75, 3.05) is 10.6 Å². The summed E-state index contributed by atoms with van der Waals surface area (Å²) in [5.41, 5.74) is 1.12. The highest BCUT2D eigenvalue weighted by Crippen LogP contribution is 2.08. The van der Waals surface area contributed by atoms with E-state index in [1.54, 1.807) is 24.9 Å². The molecule has 7 nitrogen and oxygen atoms in total. The fourth-order valence-corrected chi connectivity index (χ4v) is 1.74. The van der Waals surface area contributed by atoms with Crippen molar-refractivity contribution in [1.29, 1.82) is 0 Å². The summed E-state index contributed by atoms with van der Waals surface area (Å²) in [7, 11) is 0. The third kappa shape index (κ3) is 3.75. The number of nitrogens with one attached hydrogen (secondary N) is 2. The van der Waals surface area contributed by atoms with E-state index in [9.17, 15) is 0 Å². The van der Waals surface area contributed by atoms with E-state index in [2.05, 4.69) is 30.8 Å². The summed E-state index contributed by atoms with van der Waals surface area (Å²) in [5.74, 6) is 1.92. The molecule has 0 aliphatic carbocycles. The monoisotopic (exact) mass is 282 g/mol. The van der Waals surface area contributed by atoms with Crippen LogP contribution in [0.4, 0.5) is 11.8 Å². The van der Waals surface area contributed by atoms with Crippen molar-refractivity contribution in [2.45, 2.75) is 13.1 Å². The Morgan fingerprint density at radius 1 is 1.05 bits per heavy atom. The number of hydrogen-bond donors (Lipinski definition) is 2. The quantitative estimate of drug-likeness (QED) is 0.715. The Morgan fingerprint density at radius 2 is 1.95 bits per heavy atom. The summed E-state index contributed by atoms with van der Waals surface area (Å²) in [6.45, 7) is 1.17. The predicted molar refractivity (Wildman–Crippen MR) is 77.4 cm³/mol. The van der Waals surface area contributed by atoms with Crippen molar-refractivity contribution in [3.8, 4) is 0 Å². The average Bonchev–Trinajstić information content (AvgIpc) is 3.06. The van der Waals surface area contributed by atoms with E-state index in [1.165, 1.54) is 0 Å². The van der Waals surface area contributed by atoms with Crippen molar-refractivity contribution in [3.05, 3.63) is 60.4 Å². The summed E-state index contributed by atoms with van der Waals surface area (Å²) in [4.78, 5) is 8.31. The molecule has 3 rings (SSSR count). The van der Waals surface area contributed by atoms with Crippen molar-refractivity contribution in [1.82, 2.24) is 20.2 Å². The normalized spacial score (nSPS) is 10.3. The lowest BCUT2D eigenvalue weighted by atomic mass is 10.3. The third-order valence-electron chi connectivity index (χ3n) is 2.78. The number of aromatic nitrogens is 4. The molecule has 0 amide bonds. The maximum Gasteiger partial charge on any atom is 0.245 e. The van der Waals surface area contributed by atoms with E-state index in [4.69, 9.17) is 4.42 Å². The number of rotatable bonds is 6. The molecule has 0 aromatic carbocycles. The van der Waals surface area contributed by atoms with Gasteiger partial charge in [0.25, 0.3) is 0 Å². The molecule has 0 bridgehead atoms. The van der Waals surface area contributed by atoms with Crippen molar-refractivity contribution < 1.29 is 4.42 Å². The maximum absolute atomic E-state index is 5.23. The molecule has 0 unspecified atom stereocenters. The minimum Gasteiger partial charge on any atom is -0.467 e. The molecule has 21 heavy (non-hydrogen) atoms. The highest BCUT2D eigenvalue weighted by Gasteiger charge is 2.02. The van der Waals surface area contributed by atoms with Crippen molar-refractivity contribution in [3.63, 3.8) is 0 Å². The van der Waals surface area contributed by atoms with Crippen LogP contribution in [0.15, 0.2) is 53.5 Å². The smallest absolute Gasteiger partial charge is 0.245 e. The van der Waals surface area contributed by atoms with Gasteiger partial charge in [-0.3, -0.25) is 4.98 Å². The third-order valence-corrected chi connectivity index (χ3v) is 2.78. The zero-order valence-corrected chi connectivity index (χ0v) is 11.2. The lowest BCUT2D eigenvalue weighted by Gasteiger charge is -2.06. The second-order valence-electron chi connectivity index (χ2n) is 4.31. The van der Waals surface area contributed by atoms with Gasteiger partial charge in [0.2, 0.25) is 5.95 Å². The summed E-state index contributed by atoms with van der Waals surface area (Å²) in [5, 5.41) is 14.1. The van der Waals surface area contributed by atoms with Gasteiger partial charge in [-0.1, -0.05) is 0 Å². The second-order valence-corrected chi connectivity index (χ2v) is 4.31. The van der Waals surface area contributed by atoms with Crippen molar-refractivity contribution in [2.24, 2.45) is 0 Å². The standard InChI is InChI=1S/C14H14N6O/c1-2-12(21-7-1)9-17-14-19-13(10-18-20-14)16-8-11-3-5-15-6-4-11/h1-7,10H,8-9H2,(H2,16,17,19,20). The highest BCUT2D eigenvalue weighted by atomic mass is 16.3. The Labute approximate surface area is 121 Å². The molecule has 0 atom stereocenters. The fourth-order valence-electron chi connectivity index (χ4n) is 1.74. The van der Waals surface area contributed by atoms with Crippen LogP contribution in [0.3, 0.4) is 0 Å². The molecule has 0 fully saturated rings. The van der Waals surface area contributed by atoms with E-state index >= 15 is 0 Å². The molecule has 3 aromatic rings. The van der Waals surface area contributed by atoms with Crippen LogP contribution in [0.1, 0.15) is 11.3 Å². The average molecular weight is 282 g/mol. The lowest BCUT2D eigenvalue weighted by Crippen LogP contribution is -2.07. The van der Waals surface area contributed by atoms with Gasteiger partial charge in [0.1, 0.15) is 5.76 Å². The molecule has 0 spiro atoms. The SMILES string of the molecule is c1coc(CNc2nncc(NCc3ccncc3)n2)c1. The summed E-state index contributed by atoms with van der Waals surface area (Å²) < 4.78 is 5.23. The zero-order chi connectivity index (χ0) is 14.3. The largest absolute Gasteiger partial charge is 0.467 e. The fraction of sp³-hybridized carbons (Fsp3) is 0.143. The van der Waals surface area contributed by atoms with Gasteiger partial charge in [-0.15, -0.1) is 5.10 Å². The van der Waals surface area contributed by atoms with Gasteiger partial charge in [-0.2, -0.15) is 10.1 Å². The van der Waals surface area contributed by atoms with Crippen molar-refractivity contribution >= 4 is 11.8 Å². The molecule has 106 valence electrons. The van der Waals surface area contributed by atoms with Gasteiger partial charge >= 0.3 is 0 Å². The van der Waals surface area contributed by atoms with E-state index < -0.39 is 0 Å². The van der Waals surface area contributed by atoms with E-state index in [0.717, 1.165) is 11.3 Å². The van der Waals surface area contributed by atoms with Crippen LogP contribution >= 0.6 is 0 Å². The molecule has 3 aromatic heterocycles. The number of hydrogen-bond acceptors (Lipinski definition) is 7. The first-order chi connectivity index (χ1) is 10.4. The molecule has 0 aliphatic heterocycles. The minimum atomic E-state index is 0.450. The van der Waals surface area contributed by atoms with Gasteiger partial charge in [0, 0.05) is 18.9 Å². The molecule has 2 N–H and O–H groups in total. The molecule has 3 heterocycles. The molecule has 0 saturated carbocycles. The molecule has 0 aliphatic rings. The van der Waals surface area contributed by atoms with Crippen LogP contribution in [-0.2, 0) is 13.1 Å². The number of pyridine rings is 1. The van der Waals surface area contributed by atoms with Crippen LogP contribution in [0.25, 0.3) is 0 Å². The summed E-state index contributed by atoms with van der Waals surface area (Å²) in [6, 6.07) is 7.60. The topological polar surface area (TPSA) is 88.8 Å². The van der Waals surface area contributed by atoms with Gasteiger partial charge in [0.15, 0.2) is 5.82 Å². The molecular weight excluding hydrogens is 268 g/mol. The Balaban J connectivity index is 1.58. The molecule has 0 radical (unpaired) electrons. The van der Waals surface area contributed by atoms with E-state index in [1.807, 2.05) is 24.3 Å². The molecular formula is C14H14N6O. The van der Waals surface area contributed by atoms with Gasteiger partial charge in [-0.25, -0.2) is 0 Å². The van der Waals surface area contributed by atoms with Gasteiger partial charge in [0.05, 0.1) is 19.0 Å². The maximum atomic E-state index is 5.23. The molecule has 7 heteroatoms.